The minimum atomic E-state index is -0.506. The normalized spacial score (nSPS) is 10.4. The van der Waals surface area contributed by atoms with E-state index in [9.17, 15) is 9.59 Å². The van der Waals surface area contributed by atoms with Crippen molar-refractivity contribution in [3.05, 3.63) is 46.8 Å². The molecule has 134 valence electrons. The number of methoxy groups -OCH3 is 2. The average molecular weight is 345 g/mol. The van der Waals surface area contributed by atoms with Gasteiger partial charge in [-0.3, -0.25) is 4.79 Å². The van der Waals surface area contributed by atoms with E-state index in [1.807, 2.05) is 25.3 Å². The summed E-state index contributed by atoms with van der Waals surface area (Å²) in [6, 6.07) is 6.65. The van der Waals surface area contributed by atoms with Crippen molar-refractivity contribution in [2.75, 3.05) is 20.8 Å². The molecule has 2 rings (SSSR count). The van der Waals surface area contributed by atoms with Gasteiger partial charge in [0.2, 0.25) is 5.78 Å². The standard InChI is InChI=1S/C19H23NO5/c1-6-20-12(2)9-16(13(20)3)19(22)25-11-17(21)15-8-7-14(23-4)10-18(15)24-5/h7-10H,6,11H2,1-5H3. The predicted molar refractivity (Wildman–Crippen MR) is 93.7 cm³/mol. The van der Waals surface area contributed by atoms with Crippen molar-refractivity contribution in [3.63, 3.8) is 0 Å². The van der Waals surface area contributed by atoms with E-state index in [1.165, 1.54) is 14.2 Å². The zero-order valence-corrected chi connectivity index (χ0v) is 15.2. The maximum atomic E-state index is 12.4. The van der Waals surface area contributed by atoms with Crippen molar-refractivity contribution < 1.29 is 23.8 Å². The Balaban J connectivity index is 2.11. The summed E-state index contributed by atoms with van der Waals surface area (Å²) in [5.41, 5.74) is 2.64. The van der Waals surface area contributed by atoms with Crippen LogP contribution in [0, 0.1) is 13.8 Å². The van der Waals surface area contributed by atoms with Gasteiger partial charge in [-0.2, -0.15) is 0 Å². The molecule has 0 saturated carbocycles. The molecule has 2 aromatic rings. The second-order valence-corrected chi connectivity index (χ2v) is 5.59. The molecule has 0 atom stereocenters. The highest BCUT2D eigenvalue weighted by Gasteiger charge is 2.19. The maximum absolute atomic E-state index is 12.4. The van der Waals surface area contributed by atoms with Gasteiger partial charge in [-0.05, 0) is 39.0 Å². The van der Waals surface area contributed by atoms with Crippen LogP contribution in [-0.2, 0) is 11.3 Å². The minimum absolute atomic E-state index is 0.336. The summed E-state index contributed by atoms with van der Waals surface area (Å²) < 4.78 is 17.5. The Hall–Kier alpha value is -2.76. The lowest BCUT2D eigenvalue weighted by Gasteiger charge is -2.10. The van der Waals surface area contributed by atoms with Crippen molar-refractivity contribution in [2.45, 2.75) is 27.3 Å². The maximum Gasteiger partial charge on any atom is 0.340 e. The Morgan fingerprint density at radius 1 is 1.04 bits per heavy atom. The van der Waals surface area contributed by atoms with Gasteiger partial charge in [-0.1, -0.05) is 0 Å². The van der Waals surface area contributed by atoms with Gasteiger partial charge in [0.15, 0.2) is 6.61 Å². The number of aryl methyl sites for hydroxylation is 1. The molecule has 0 aliphatic rings. The zero-order valence-electron chi connectivity index (χ0n) is 15.2. The molecule has 0 radical (unpaired) electrons. The van der Waals surface area contributed by atoms with Gasteiger partial charge in [0.25, 0.3) is 0 Å². The lowest BCUT2D eigenvalue weighted by Crippen LogP contribution is -2.15. The van der Waals surface area contributed by atoms with Crippen molar-refractivity contribution >= 4 is 11.8 Å². The second kappa shape index (κ2) is 7.88. The van der Waals surface area contributed by atoms with E-state index >= 15 is 0 Å². The number of ether oxygens (including phenoxy) is 3. The highest BCUT2D eigenvalue weighted by molar-refractivity contribution is 6.01. The number of esters is 1. The average Bonchev–Trinajstić information content (AvgIpc) is 2.92. The third-order valence-corrected chi connectivity index (χ3v) is 4.15. The monoisotopic (exact) mass is 345 g/mol. The van der Waals surface area contributed by atoms with Crippen LogP contribution in [0.1, 0.15) is 39.0 Å². The summed E-state index contributed by atoms with van der Waals surface area (Å²) in [4.78, 5) is 24.7. The summed E-state index contributed by atoms with van der Waals surface area (Å²) in [6.07, 6.45) is 0. The molecular formula is C19H23NO5. The van der Waals surface area contributed by atoms with Crippen LogP contribution < -0.4 is 9.47 Å². The number of carbonyl (C=O) groups is 2. The van der Waals surface area contributed by atoms with Crippen LogP contribution in [0.3, 0.4) is 0 Å². The molecule has 6 nitrogen and oxygen atoms in total. The number of nitrogens with zero attached hydrogens (tertiary/aromatic N) is 1. The molecule has 0 spiro atoms. The molecule has 1 aromatic carbocycles. The largest absolute Gasteiger partial charge is 0.497 e. The fraction of sp³-hybridized carbons (Fsp3) is 0.368. The molecular weight excluding hydrogens is 322 g/mol. The number of Topliss-reactive ketones (excluding diaryl/α,β-unsaturated/α-hetero) is 1. The third kappa shape index (κ3) is 3.84. The third-order valence-electron chi connectivity index (χ3n) is 4.15. The van der Waals surface area contributed by atoms with Crippen LogP contribution in [-0.4, -0.2) is 37.1 Å². The topological polar surface area (TPSA) is 66.8 Å². The van der Waals surface area contributed by atoms with Crippen LogP contribution in [0.5, 0.6) is 11.5 Å². The van der Waals surface area contributed by atoms with Crippen molar-refractivity contribution in [1.29, 1.82) is 0 Å². The van der Waals surface area contributed by atoms with Crippen LogP contribution in [0.15, 0.2) is 24.3 Å². The molecule has 0 aliphatic carbocycles. The molecule has 1 aromatic heterocycles. The van der Waals surface area contributed by atoms with Crippen molar-refractivity contribution in [2.24, 2.45) is 0 Å². The molecule has 0 N–H and O–H groups in total. The molecule has 25 heavy (non-hydrogen) atoms. The minimum Gasteiger partial charge on any atom is -0.497 e. The molecule has 0 unspecified atom stereocenters. The Kier molecular flexibility index (Phi) is 5.85. The lowest BCUT2D eigenvalue weighted by atomic mass is 10.1. The molecule has 0 bridgehead atoms. The van der Waals surface area contributed by atoms with E-state index in [1.54, 1.807) is 24.3 Å². The number of hydrogen-bond donors (Lipinski definition) is 0. The molecule has 1 heterocycles. The number of carbonyl (C=O) groups excluding carboxylic acids is 2. The summed E-state index contributed by atoms with van der Waals surface area (Å²) in [6.45, 7) is 6.22. The van der Waals surface area contributed by atoms with Crippen molar-refractivity contribution in [1.82, 2.24) is 4.57 Å². The zero-order chi connectivity index (χ0) is 18.6. The van der Waals surface area contributed by atoms with E-state index in [0.717, 1.165) is 17.9 Å². The van der Waals surface area contributed by atoms with E-state index in [2.05, 4.69) is 0 Å². The first kappa shape index (κ1) is 18.6. The van der Waals surface area contributed by atoms with Crippen LogP contribution in [0.4, 0.5) is 0 Å². The van der Waals surface area contributed by atoms with Crippen molar-refractivity contribution in [3.8, 4) is 11.5 Å². The van der Waals surface area contributed by atoms with Crippen LogP contribution in [0.25, 0.3) is 0 Å². The van der Waals surface area contributed by atoms with E-state index in [0.29, 0.717) is 22.6 Å². The second-order valence-electron chi connectivity index (χ2n) is 5.59. The first-order valence-corrected chi connectivity index (χ1v) is 8.02. The molecule has 0 aliphatic heterocycles. The summed E-state index contributed by atoms with van der Waals surface area (Å²) in [5, 5.41) is 0. The van der Waals surface area contributed by atoms with Gasteiger partial charge < -0.3 is 18.8 Å². The first-order valence-electron chi connectivity index (χ1n) is 8.02. The van der Waals surface area contributed by atoms with Gasteiger partial charge in [0.1, 0.15) is 11.5 Å². The highest BCUT2D eigenvalue weighted by atomic mass is 16.5. The first-order chi connectivity index (χ1) is 11.9. The quantitative estimate of drug-likeness (QED) is 0.569. The Morgan fingerprint density at radius 2 is 1.76 bits per heavy atom. The van der Waals surface area contributed by atoms with Gasteiger partial charge in [0, 0.05) is 24.0 Å². The summed E-state index contributed by atoms with van der Waals surface area (Å²) >= 11 is 0. The van der Waals surface area contributed by atoms with E-state index in [-0.39, 0.29) is 12.4 Å². The van der Waals surface area contributed by atoms with Gasteiger partial charge in [-0.25, -0.2) is 4.79 Å². The van der Waals surface area contributed by atoms with E-state index < -0.39 is 5.97 Å². The highest BCUT2D eigenvalue weighted by Crippen LogP contribution is 2.25. The van der Waals surface area contributed by atoms with Gasteiger partial charge >= 0.3 is 5.97 Å². The summed E-state index contributed by atoms with van der Waals surface area (Å²) in [7, 11) is 3.00. The fourth-order valence-electron chi connectivity index (χ4n) is 2.81. The molecule has 0 amide bonds. The van der Waals surface area contributed by atoms with Gasteiger partial charge in [0.05, 0.1) is 25.3 Å². The number of ketones is 1. The SMILES string of the molecule is CCn1c(C)cc(C(=O)OCC(=O)c2ccc(OC)cc2OC)c1C. The predicted octanol–water partition coefficient (Wildman–Crippen LogP) is 3.18. The van der Waals surface area contributed by atoms with E-state index in [4.69, 9.17) is 14.2 Å². The fourth-order valence-corrected chi connectivity index (χ4v) is 2.81. The number of hydrogen-bond acceptors (Lipinski definition) is 5. The molecule has 6 heteroatoms. The number of benzene rings is 1. The number of aromatic nitrogens is 1. The Labute approximate surface area is 147 Å². The summed E-state index contributed by atoms with van der Waals surface area (Å²) in [5.74, 6) is 0.118. The van der Waals surface area contributed by atoms with Gasteiger partial charge in [-0.15, -0.1) is 0 Å². The Bertz CT molecular complexity index is 791. The Morgan fingerprint density at radius 3 is 2.32 bits per heavy atom. The van der Waals surface area contributed by atoms with Crippen LogP contribution >= 0.6 is 0 Å². The molecule has 0 saturated heterocycles. The number of rotatable bonds is 7. The molecule has 0 fully saturated rings. The lowest BCUT2D eigenvalue weighted by molar-refractivity contribution is 0.0473. The van der Waals surface area contributed by atoms with Crippen LogP contribution in [0.2, 0.25) is 0 Å². The smallest absolute Gasteiger partial charge is 0.340 e.